The fraction of sp³-hybridized carbons (Fsp3) is 0.529. The standard InChI is InChI=1S/C17H25N5OS/c1-5-9-22(10-6-2)13-7-8-14(15(23)11-13)19-20-17-18-16(12(3)4)21-24-17/h7-8,11-12,23H,5-6,9-10H2,1-4H3. The monoisotopic (exact) mass is 347 g/mol. The van der Waals surface area contributed by atoms with E-state index in [1.165, 1.54) is 11.5 Å². The molecule has 0 radical (unpaired) electrons. The number of aromatic nitrogens is 2. The Balaban J connectivity index is 2.15. The Morgan fingerprint density at radius 1 is 1.17 bits per heavy atom. The highest BCUT2D eigenvalue weighted by atomic mass is 32.1. The van der Waals surface area contributed by atoms with Gasteiger partial charge in [-0.05, 0) is 25.0 Å². The van der Waals surface area contributed by atoms with Gasteiger partial charge >= 0.3 is 0 Å². The number of hydrogen-bond acceptors (Lipinski definition) is 7. The van der Waals surface area contributed by atoms with Crippen molar-refractivity contribution in [1.29, 1.82) is 0 Å². The van der Waals surface area contributed by atoms with Gasteiger partial charge < -0.3 is 10.0 Å². The van der Waals surface area contributed by atoms with Crippen LogP contribution in [0.3, 0.4) is 0 Å². The van der Waals surface area contributed by atoms with E-state index in [4.69, 9.17) is 0 Å². The molecule has 1 heterocycles. The fourth-order valence-electron chi connectivity index (χ4n) is 2.30. The van der Waals surface area contributed by atoms with Crippen molar-refractivity contribution in [3.63, 3.8) is 0 Å². The van der Waals surface area contributed by atoms with E-state index in [2.05, 4.69) is 38.3 Å². The average molecular weight is 347 g/mol. The number of nitrogens with zero attached hydrogens (tertiary/aromatic N) is 5. The van der Waals surface area contributed by atoms with Crippen LogP contribution in [-0.2, 0) is 0 Å². The summed E-state index contributed by atoms with van der Waals surface area (Å²) in [6.45, 7) is 10.3. The van der Waals surface area contributed by atoms with Crippen LogP contribution in [0.25, 0.3) is 0 Å². The first-order chi connectivity index (χ1) is 11.5. The lowest BCUT2D eigenvalue weighted by molar-refractivity contribution is 0.476. The Labute approximate surface area is 147 Å². The first kappa shape index (κ1) is 18.3. The summed E-state index contributed by atoms with van der Waals surface area (Å²) in [5, 5.41) is 18.9. The molecule has 2 rings (SSSR count). The number of azo groups is 1. The molecule has 7 heteroatoms. The summed E-state index contributed by atoms with van der Waals surface area (Å²) in [5.41, 5.74) is 1.45. The third kappa shape index (κ3) is 4.74. The van der Waals surface area contributed by atoms with E-state index in [0.29, 0.717) is 10.8 Å². The maximum atomic E-state index is 10.2. The van der Waals surface area contributed by atoms with Crippen LogP contribution in [0, 0.1) is 0 Å². The van der Waals surface area contributed by atoms with Crippen LogP contribution in [0.15, 0.2) is 28.4 Å². The normalized spacial score (nSPS) is 11.5. The molecule has 130 valence electrons. The fourth-order valence-corrected chi connectivity index (χ4v) is 2.94. The van der Waals surface area contributed by atoms with Gasteiger partial charge in [-0.15, -0.1) is 10.2 Å². The predicted molar refractivity (Wildman–Crippen MR) is 99.1 cm³/mol. The Hall–Kier alpha value is -2.02. The van der Waals surface area contributed by atoms with Gasteiger partial charge in [0.2, 0.25) is 5.13 Å². The zero-order valence-electron chi connectivity index (χ0n) is 14.7. The lowest BCUT2D eigenvalue weighted by atomic mass is 10.2. The highest BCUT2D eigenvalue weighted by molar-refractivity contribution is 7.09. The first-order valence-electron chi connectivity index (χ1n) is 8.38. The van der Waals surface area contributed by atoms with Crippen LogP contribution >= 0.6 is 11.5 Å². The van der Waals surface area contributed by atoms with Crippen molar-refractivity contribution in [3.05, 3.63) is 24.0 Å². The number of anilines is 1. The summed E-state index contributed by atoms with van der Waals surface area (Å²) in [6.07, 6.45) is 2.13. The molecular weight excluding hydrogens is 322 g/mol. The summed E-state index contributed by atoms with van der Waals surface area (Å²) in [7, 11) is 0. The molecule has 0 aliphatic carbocycles. The second-order valence-corrected chi connectivity index (χ2v) is 6.68. The molecule has 24 heavy (non-hydrogen) atoms. The second-order valence-electron chi connectivity index (χ2n) is 5.95. The lowest BCUT2D eigenvalue weighted by Crippen LogP contribution is -2.24. The van der Waals surface area contributed by atoms with E-state index in [-0.39, 0.29) is 11.7 Å². The smallest absolute Gasteiger partial charge is 0.249 e. The molecular formula is C17H25N5OS. The molecule has 1 N–H and O–H groups in total. The molecule has 0 aliphatic rings. The van der Waals surface area contributed by atoms with Crippen molar-refractivity contribution in [2.45, 2.75) is 46.5 Å². The molecule has 0 bridgehead atoms. The van der Waals surface area contributed by atoms with Gasteiger partial charge in [0.1, 0.15) is 17.3 Å². The number of hydrogen-bond donors (Lipinski definition) is 1. The van der Waals surface area contributed by atoms with Crippen LogP contribution in [0.1, 0.15) is 52.3 Å². The highest BCUT2D eigenvalue weighted by Gasteiger charge is 2.09. The van der Waals surface area contributed by atoms with Crippen LogP contribution < -0.4 is 4.90 Å². The van der Waals surface area contributed by atoms with Crippen molar-refractivity contribution in [2.75, 3.05) is 18.0 Å². The number of rotatable bonds is 8. The van der Waals surface area contributed by atoms with Crippen molar-refractivity contribution in [3.8, 4) is 5.75 Å². The van der Waals surface area contributed by atoms with Crippen molar-refractivity contribution in [2.24, 2.45) is 10.2 Å². The van der Waals surface area contributed by atoms with E-state index in [9.17, 15) is 5.11 Å². The summed E-state index contributed by atoms with van der Waals surface area (Å²) in [6, 6.07) is 5.51. The van der Waals surface area contributed by atoms with Gasteiger partial charge in [0.15, 0.2) is 0 Å². The van der Waals surface area contributed by atoms with Gasteiger partial charge in [0.25, 0.3) is 0 Å². The summed E-state index contributed by atoms with van der Waals surface area (Å²) in [5.74, 6) is 1.16. The average Bonchev–Trinajstić information content (AvgIpc) is 3.03. The van der Waals surface area contributed by atoms with E-state index in [1.54, 1.807) is 12.1 Å². The largest absolute Gasteiger partial charge is 0.506 e. The van der Waals surface area contributed by atoms with Gasteiger partial charge in [0, 0.05) is 42.3 Å². The third-order valence-electron chi connectivity index (χ3n) is 3.50. The molecule has 0 amide bonds. The number of benzene rings is 1. The maximum Gasteiger partial charge on any atom is 0.249 e. The van der Waals surface area contributed by atoms with Crippen LogP contribution in [-0.4, -0.2) is 27.6 Å². The molecule has 0 aliphatic heterocycles. The molecule has 0 saturated carbocycles. The second kappa shape index (κ2) is 8.73. The third-order valence-corrected chi connectivity index (χ3v) is 4.12. The number of phenols is 1. The van der Waals surface area contributed by atoms with Crippen LogP contribution in [0.4, 0.5) is 16.5 Å². The Kier molecular flexibility index (Phi) is 6.66. The number of aromatic hydroxyl groups is 1. The Morgan fingerprint density at radius 3 is 2.42 bits per heavy atom. The van der Waals surface area contributed by atoms with Crippen molar-refractivity contribution >= 4 is 28.0 Å². The van der Waals surface area contributed by atoms with Gasteiger partial charge in [-0.3, -0.25) is 0 Å². The topological polar surface area (TPSA) is 74.0 Å². The molecule has 0 unspecified atom stereocenters. The number of phenolic OH excluding ortho intramolecular Hbond substituents is 1. The molecule has 0 saturated heterocycles. The molecule has 2 aromatic rings. The van der Waals surface area contributed by atoms with Gasteiger partial charge in [0.05, 0.1) is 0 Å². The Bertz CT molecular complexity index is 677. The van der Waals surface area contributed by atoms with Crippen LogP contribution in [0.2, 0.25) is 0 Å². The predicted octanol–water partition coefficient (Wildman–Crippen LogP) is 5.41. The SMILES string of the molecule is CCCN(CCC)c1ccc(N=Nc2nc(C(C)C)ns2)c(O)c1. The summed E-state index contributed by atoms with van der Waals surface area (Å²) < 4.78 is 4.24. The quantitative estimate of drug-likeness (QED) is 0.648. The summed E-state index contributed by atoms with van der Waals surface area (Å²) >= 11 is 1.21. The molecule has 6 nitrogen and oxygen atoms in total. The first-order valence-corrected chi connectivity index (χ1v) is 9.15. The van der Waals surface area contributed by atoms with E-state index in [1.807, 2.05) is 19.9 Å². The minimum Gasteiger partial charge on any atom is -0.506 e. The van der Waals surface area contributed by atoms with Crippen molar-refractivity contribution < 1.29 is 5.11 Å². The van der Waals surface area contributed by atoms with Gasteiger partial charge in [-0.2, -0.15) is 9.36 Å². The summed E-state index contributed by atoms with van der Waals surface area (Å²) in [4.78, 5) is 6.57. The lowest BCUT2D eigenvalue weighted by Gasteiger charge is -2.24. The minimum atomic E-state index is 0.127. The Morgan fingerprint density at radius 2 is 1.88 bits per heavy atom. The molecule has 0 atom stereocenters. The van der Waals surface area contributed by atoms with E-state index in [0.717, 1.165) is 37.4 Å². The van der Waals surface area contributed by atoms with Gasteiger partial charge in [-0.1, -0.05) is 27.7 Å². The molecule has 1 aromatic carbocycles. The minimum absolute atomic E-state index is 0.127. The zero-order valence-corrected chi connectivity index (χ0v) is 15.5. The van der Waals surface area contributed by atoms with E-state index >= 15 is 0 Å². The maximum absolute atomic E-state index is 10.2. The van der Waals surface area contributed by atoms with Crippen LogP contribution in [0.5, 0.6) is 5.75 Å². The van der Waals surface area contributed by atoms with E-state index < -0.39 is 0 Å². The van der Waals surface area contributed by atoms with Crippen molar-refractivity contribution in [1.82, 2.24) is 9.36 Å². The zero-order chi connectivity index (χ0) is 17.5. The molecule has 0 spiro atoms. The highest BCUT2D eigenvalue weighted by Crippen LogP contribution is 2.33. The molecule has 0 fully saturated rings. The van der Waals surface area contributed by atoms with Gasteiger partial charge in [-0.25, -0.2) is 0 Å². The molecule has 1 aromatic heterocycles.